The minimum atomic E-state index is -2.85. The molecule has 2 saturated heterocycles. The number of likely N-dealkylation sites (tertiary alicyclic amines) is 1. The van der Waals surface area contributed by atoms with Gasteiger partial charge in [0.2, 0.25) is 17.8 Å². The Kier molecular flexibility index (Phi) is 5.06. The molecule has 1 amide bonds. The first-order valence-electron chi connectivity index (χ1n) is 12.0. The standard InChI is InChI=1S/C23H28F2N8O2/c1-22(3-5-32(13-22)19(34)16-10-23(16,24)25)33-4-2-15-17(14-11-27-20(26)28-12-14)29-21(30-18(15)33)31-6-8-35-9-7-31/h11-12,16H,2-10,13H2,1H3,(H2,26,27,28)/t16-,22-/m0/s1. The smallest absolute Gasteiger partial charge is 0.260 e. The highest BCUT2D eigenvalue weighted by atomic mass is 19.3. The molecule has 4 aliphatic rings. The number of halogens is 2. The number of nitrogens with two attached hydrogens (primary N) is 1. The van der Waals surface area contributed by atoms with Crippen molar-refractivity contribution in [3.8, 4) is 11.3 Å². The lowest BCUT2D eigenvalue weighted by atomic mass is 9.99. The van der Waals surface area contributed by atoms with Gasteiger partial charge in [-0.3, -0.25) is 4.79 Å². The summed E-state index contributed by atoms with van der Waals surface area (Å²) in [7, 11) is 0. The van der Waals surface area contributed by atoms with Crippen LogP contribution in [0.15, 0.2) is 12.4 Å². The van der Waals surface area contributed by atoms with Gasteiger partial charge in [0, 0.05) is 62.7 Å². The summed E-state index contributed by atoms with van der Waals surface area (Å²) in [5.41, 5.74) is 7.82. The lowest BCUT2D eigenvalue weighted by Crippen LogP contribution is -2.49. The summed E-state index contributed by atoms with van der Waals surface area (Å²) in [4.78, 5) is 36.8. The van der Waals surface area contributed by atoms with Gasteiger partial charge in [0.15, 0.2) is 0 Å². The molecule has 0 unspecified atom stereocenters. The number of aromatic nitrogens is 4. The lowest BCUT2D eigenvalue weighted by molar-refractivity contribution is -0.133. The van der Waals surface area contributed by atoms with Crippen LogP contribution < -0.4 is 15.5 Å². The summed E-state index contributed by atoms with van der Waals surface area (Å²) in [6.07, 6.45) is 4.42. The van der Waals surface area contributed by atoms with Gasteiger partial charge in [0.1, 0.15) is 11.7 Å². The van der Waals surface area contributed by atoms with E-state index in [4.69, 9.17) is 20.4 Å². The molecular formula is C23H28F2N8O2. The average Bonchev–Trinajstić information content (AvgIpc) is 3.17. The second kappa shape index (κ2) is 7.94. The molecule has 1 aliphatic carbocycles. The van der Waals surface area contributed by atoms with Gasteiger partial charge >= 0.3 is 0 Å². The molecule has 186 valence electrons. The number of anilines is 3. The molecule has 12 heteroatoms. The molecule has 2 atom stereocenters. The minimum absolute atomic E-state index is 0.193. The molecule has 35 heavy (non-hydrogen) atoms. The van der Waals surface area contributed by atoms with Crippen molar-refractivity contribution in [3.63, 3.8) is 0 Å². The first-order chi connectivity index (χ1) is 16.7. The number of nitrogen functional groups attached to an aromatic ring is 1. The van der Waals surface area contributed by atoms with Gasteiger partial charge in [0.25, 0.3) is 5.92 Å². The Hall–Kier alpha value is -3.15. The van der Waals surface area contributed by atoms with Crippen LogP contribution in [-0.2, 0) is 16.0 Å². The van der Waals surface area contributed by atoms with Crippen molar-refractivity contribution < 1.29 is 18.3 Å². The fourth-order valence-corrected chi connectivity index (χ4v) is 5.43. The van der Waals surface area contributed by atoms with E-state index < -0.39 is 23.3 Å². The maximum atomic E-state index is 13.5. The van der Waals surface area contributed by atoms with Crippen LogP contribution in [0.5, 0.6) is 0 Å². The molecule has 3 fully saturated rings. The third-order valence-electron chi connectivity index (χ3n) is 7.59. The van der Waals surface area contributed by atoms with E-state index >= 15 is 0 Å². The third-order valence-corrected chi connectivity index (χ3v) is 7.59. The number of hydrogen-bond donors (Lipinski definition) is 1. The van der Waals surface area contributed by atoms with E-state index in [1.165, 1.54) is 0 Å². The van der Waals surface area contributed by atoms with Gasteiger partial charge in [-0.25, -0.2) is 23.7 Å². The predicted octanol–water partition coefficient (Wildman–Crippen LogP) is 1.36. The van der Waals surface area contributed by atoms with Gasteiger partial charge in [0.05, 0.1) is 24.4 Å². The zero-order valence-electron chi connectivity index (χ0n) is 19.6. The van der Waals surface area contributed by atoms with Crippen LogP contribution in [-0.4, -0.2) is 88.1 Å². The van der Waals surface area contributed by atoms with Crippen molar-refractivity contribution in [2.24, 2.45) is 5.92 Å². The Morgan fingerprint density at radius 3 is 2.54 bits per heavy atom. The summed E-state index contributed by atoms with van der Waals surface area (Å²) in [6.45, 7) is 6.23. The first-order valence-corrected chi connectivity index (χ1v) is 12.0. The highest BCUT2D eigenvalue weighted by Gasteiger charge is 2.63. The van der Waals surface area contributed by atoms with Crippen LogP contribution >= 0.6 is 0 Å². The number of morpholine rings is 1. The Morgan fingerprint density at radius 1 is 1.14 bits per heavy atom. The molecule has 2 aromatic heterocycles. The van der Waals surface area contributed by atoms with Crippen LogP contribution in [0.1, 0.15) is 25.3 Å². The number of fused-ring (bicyclic) bond motifs is 1. The Labute approximate surface area is 201 Å². The molecule has 0 aromatic carbocycles. The van der Waals surface area contributed by atoms with Crippen molar-refractivity contribution in [2.75, 3.05) is 61.5 Å². The monoisotopic (exact) mass is 486 g/mol. The molecule has 2 N–H and O–H groups in total. The van der Waals surface area contributed by atoms with Crippen molar-refractivity contribution in [1.82, 2.24) is 24.8 Å². The fraction of sp³-hybridized carbons (Fsp3) is 0.609. The number of carbonyl (C=O) groups is 1. The molecule has 2 aromatic rings. The predicted molar refractivity (Wildman–Crippen MR) is 124 cm³/mol. The molecule has 0 bridgehead atoms. The van der Waals surface area contributed by atoms with Crippen LogP contribution in [0.3, 0.4) is 0 Å². The molecule has 6 rings (SSSR count). The van der Waals surface area contributed by atoms with E-state index in [2.05, 4.69) is 26.7 Å². The number of ether oxygens (including phenoxy) is 1. The van der Waals surface area contributed by atoms with Crippen LogP contribution in [0, 0.1) is 5.92 Å². The second-order valence-corrected chi connectivity index (χ2v) is 10.0. The van der Waals surface area contributed by atoms with Crippen molar-refractivity contribution in [1.29, 1.82) is 0 Å². The van der Waals surface area contributed by atoms with E-state index in [0.29, 0.717) is 58.3 Å². The summed E-state index contributed by atoms with van der Waals surface area (Å²) in [6, 6.07) is 0. The zero-order valence-corrected chi connectivity index (χ0v) is 19.6. The largest absolute Gasteiger partial charge is 0.378 e. The SMILES string of the molecule is C[C@]1(N2CCc3c(-c4cnc(N)nc4)nc(N4CCOCC4)nc32)CCN(C(=O)[C@@H]2CC2(F)F)C1. The van der Waals surface area contributed by atoms with Crippen LogP contribution in [0.4, 0.5) is 26.5 Å². The number of hydrogen-bond acceptors (Lipinski definition) is 9. The summed E-state index contributed by atoms with van der Waals surface area (Å²) in [5.74, 6) is -2.83. The molecule has 3 aliphatic heterocycles. The van der Waals surface area contributed by atoms with Gasteiger partial charge in [-0.2, -0.15) is 4.98 Å². The van der Waals surface area contributed by atoms with E-state index in [-0.39, 0.29) is 12.4 Å². The quantitative estimate of drug-likeness (QED) is 0.684. The molecule has 1 saturated carbocycles. The van der Waals surface area contributed by atoms with Gasteiger partial charge in [-0.15, -0.1) is 0 Å². The number of nitrogens with zero attached hydrogens (tertiary/aromatic N) is 7. The normalized spacial score (nSPS) is 27.3. The maximum absolute atomic E-state index is 13.5. The Morgan fingerprint density at radius 2 is 1.86 bits per heavy atom. The summed E-state index contributed by atoms with van der Waals surface area (Å²) >= 11 is 0. The van der Waals surface area contributed by atoms with Gasteiger partial charge in [-0.1, -0.05) is 0 Å². The lowest BCUT2D eigenvalue weighted by Gasteiger charge is -2.37. The van der Waals surface area contributed by atoms with Gasteiger partial charge in [-0.05, 0) is 19.8 Å². The van der Waals surface area contributed by atoms with E-state index in [1.54, 1.807) is 17.3 Å². The number of amides is 1. The van der Waals surface area contributed by atoms with E-state index in [0.717, 1.165) is 29.1 Å². The molecular weight excluding hydrogens is 458 g/mol. The Balaban J connectivity index is 1.35. The maximum Gasteiger partial charge on any atom is 0.260 e. The average molecular weight is 487 g/mol. The number of rotatable bonds is 4. The number of carbonyl (C=O) groups excluding carboxylic acids is 1. The highest BCUT2D eigenvalue weighted by molar-refractivity contribution is 5.83. The summed E-state index contributed by atoms with van der Waals surface area (Å²) in [5, 5.41) is 0. The van der Waals surface area contributed by atoms with Crippen molar-refractivity contribution in [3.05, 3.63) is 18.0 Å². The molecule has 5 heterocycles. The molecule has 0 spiro atoms. The van der Waals surface area contributed by atoms with E-state index in [1.807, 2.05) is 0 Å². The molecule has 0 radical (unpaired) electrons. The Bertz CT molecular complexity index is 1160. The van der Waals surface area contributed by atoms with Crippen molar-refractivity contribution in [2.45, 2.75) is 37.6 Å². The molecule has 10 nitrogen and oxygen atoms in total. The van der Waals surface area contributed by atoms with Crippen molar-refractivity contribution >= 4 is 23.6 Å². The third kappa shape index (κ3) is 3.83. The topological polar surface area (TPSA) is 114 Å². The first kappa shape index (κ1) is 22.3. The van der Waals surface area contributed by atoms with Crippen LogP contribution in [0.2, 0.25) is 0 Å². The second-order valence-electron chi connectivity index (χ2n) is 10.0. The highest BCUT2D eigenvalue weighted by Crippen LogP contribution is 2.50. The van der Waals surface area contributed by atoms with Gasteiger partial charge < -0.3 is 25.2 Å². The summed E-state index contributed by atoms with van der Waals surface area (Å²) < 4.78 is 32.6. The number of alkyl halides is 2. The van der Waals surface area contributed by atoms with Crippen LogP contribution in [0.25, 0.3) is 11.3 Å². The zero-order chi connectivity index (χ0) is 24.4. The minimum Gasteiger partial charge on any atom is -0.378 e. The van der Waals surface area contributed by atoms with E-state index in [9.17, 15) is 13.6 Å². The fourth-order valence-electron chi connectivity index (χ4n) is 5.43.